The lowest BCUT2D eigenvalue weighted by atomic mass is 10.1. The fourth-order valence-corrected chi connectivity index (χ4v) is 0.504. The molecule has 0 aliphatic heterocycles. The third-order valence-electron chi connectivity index (χ3n) is 1.11. The lowest BCUT2D eigenvalue weighted by molar-refractivity contribution is 0.212. The van der Waals surface area contributed by atoms with E-state index in [1.165, 1.54) is 0 Å². The second-order valence-corrected chi connectivity index (χ2v) is 2.52. The Morgan fingerprint density at radius 1 is 1.44 bits per heavy atom. The molecule has 0 aliphatic carbocycles. The van der Waals surface area contributed by atoms with Gasteiger partial charge in [0.15, 0.2) is 0 Å². The van der Waals surface area contributed by atoms with Gasteiger partial charge < -0.3 is 5.11 Å². The lowest BCUT2D eigenvalue weighted by Crippen LogP contribution is -2.06. The van der Waals surface area contributed by atoms with Gasteiger partial charge in [0.2, 0.25) is 0 Å². The number of hydrogen-bond acceptors (Lipinski definition) is 1. The molecule has 1 N–H and O–H groups in total. The Kier molecular flexibility index (Phi) is 3.25. The van der Waals surface area contributed by atoms with E-state index in [9.17, 15) is 0 Å². The molecule has 0 bridgehead atoms. The van der Waals surface area contributed by atoms with Crippen molar-refractivity contribution in [1.82, 2.24) is 0 Å². The predicted octanol–water partition coefficient (Wildman–Crippen LogP) is 1.89. The van der Waals surface area contributed by atoms with Crippen LogP contribution in [-0.2, 0) is 0 Å². The van der Waals surface area contributed by atoms with Gasteiger partial charge in [-0.05, 0) is 20.3 Å². The van der Waals surface area contributed by atoms with E-state index in [1.54, 1.807) is 0 Å². The zero-order valence-electron chi connectivity index (χ0n) is 6.15. The van der Waals surface area contributed by atoms with Gasteiger partial charge in [-0.25, -0.2) is 0 Å². The lowest BCUT2D eigenvalue weighted by Gasteiger charge is -2.08. The highest BCUT2D eigenvalue weighted by molar-refractivity contribution is 5.03. The van der Waals surface area contributed by atoms with Gasteiger partial charge >= 0.3 is 0 Å². The number of rotatable bonds is 3. The number of aliphatic hydroxyl groups excluding tert-OH is 1. The summed E-state index contributed by atoms with van der Waals surface area (Å²) < 4.78 is 0. The molecule has 1 nitrogen and oxygen atoms in total. The first-order valence-electron chi connectivity index (χ1n) is 3.02. The summed E-state index contributed by atoms with van der Waals surface area (Å²) in [4.78, 5) is 0. The second kappa shape index (κ2) is 3.46. The molecule has 52 valence electrons. The summed E-state index contributed by atoms with van der Waals surface area (Å²) in [5.74, 6) is 0. The zero-order valence-corrected chi connectivity index (χ0v) is 6.15. The van der Waals surface area contributed by atoms with Crippen molar-refractivity contribution in [2.75, 3.05) is 0 Å². The molecule has 1 heteroatoms. The summed E-state index contributed by atoms with van der Waals surface area (Å²) in [5, 5.41) is 9.14. The van der Waals surface area contributed by atoms with E-state index >= 15 is 0 Å². The van der Waals surface area contributed by atoms with Gasteiger partial charge in [0.25, 0.3) is 0 Å². The molecule has 9 heavy (non-hydrogen) atoms. The Morgan fingerprint density at radius 3 is 2.00 bits per heavy atom. The third kappa shape index (κ3) is 3.98. The Hall–Kier alpha value is -0.560. The van der Waals surface area contributed by atoms with Gasteiger partial charge in [0.05, 0.1) is 6.10 Å². The van der Waals surface area contributed by atoms with Crippen LogP contribution in [0.25, 0.3) is 0 Å². The van der Waals surface area contributed by atoms with E-state index in [2.05, 4.69) is 13.2 Å². The highest BCUT2D eigenvalue weighted by atomic mass is 16.3. The molecule has 0 heterocycles. The average molecular weight is 126 g/mol. The largest absolute Gasteiger partial charge is 0.388 e. The van der Waals surface area contributed by atoms with Crippen LogP contribution in [0.2, 0.25) is 0 Å². The Bertz CT molecular complexity index is 125. The summed E-state index contributed by atoms with van der Waals surface area (Å²) >= 11 is 0. The normalized spacial score (nSPS) is 12.8. The maximum Gasteiger partial charge on any atom is 0.0781 e. The first kappa shape index (κ1) is 8.44. The number of hydrogen-bond donors (Lipinski definition) is 1. The maximum atomic E-state index is 9.14. The molecule has 0 aromatic rings. The molecule has 0 aromatic heterocycles. The minimum Gasteiger partial charge on any atom is -0.388 e. The van der Waals surface area contributed by atoms with Crippen molar-refractivity contribution in [1.29, 1.82) is 0 Å². The first-order valence-corrected chi connectivity index (χ1v) is 3.02. The topological polar surface area (TPSA) is 20.2 Å². The van der Waals surface area contributed by atoms with Crippen molar-refractivity contribution in [2.45, 2.75) is 26.4 Å². The molecule has 0 saturated heterocycles. The Balaban J connectivity index is 3.63. The Morgan fingerprint density at radius 2 is 1.89 bits per heavy atom. The molecule has 0 amide bonds. The summed E-state index contributed by atoms with van der Waals surface area (Å²) in [5.41, 5.74) is 1.79. The molecule has 0 spiro atoms. The van der Waals surface area contributed by atoms with Crippen molar-refractivity contribution < 1.29 is 5.11 Å². The van der Waals surface area contributed by atoms with Crippen LogP contribution in [0.5, 0.6) is 0 Å². The third-order valence-corrected chi connectivity index (χ3v) is 1.11. The van der Waals surface area contributed by atoms with Gasteiger partial charge in [-0.3, -0.25) is 0 Å². The number of aliphatic hydroxyl groups is 1. The summed E-state index contributed by atoms with van der Waals surface area (Å²) in [6.07, 6.45) is 0.234. The Labute approximate surface area is 56.7 Å². The van der Waals surface area contributed by atoms with Crippen LogP contribution in [-0.4, -0.2) is 11.2 Å². The molecule has 0 aliphatic rings. The summed E-state index contributed by atoms with van der Waals surface area (Å²) in [6, 6.07) is 0. The van der Waals surface area contributed by atoms with Gasteiger partial charge in [0.1, 0.15) is 0 Å². The highest BCUT2D eigenvalue weighted by Gasteiger charge is 2.02. The van der Waals surface area contributed by atoms with Crippen LogP contribution in [0, 0.1) is 0 Å². The van der Waals surface area contributed by atoms with Crippen LogP contribution >= 0.6 is 0 Å². The van der Waals surface area contributed by atoms with Crippen LogP contribution < -0.4 is 0 Å². The smallest absolute Gasteiger partial charge is 0.0781 e. The quantitative estimate of drug-likeness (QED) is 0.572. The van der Waals surface area contributed by atoms with Gasteiger partial charge in [0, 0.05) is 0 Å². The zero-order chi connectivity index (χ0) is 7.44. The minimum absolute atomic E-state index is 0.400. The monoisotopic (exact) mass is 126 g/mol. The summed E-state index contributed by atoms with van der Waals surface area (Å²) in [6.45, 7) is 11.0. The molecular formula is C8H14O. The van der Waals surface area contributed by atoms with Gasteiger partial charge in [-0.2, -0.15) is 0 Å². The van der Waals surface area contributed by atoms with Crippen LogP contribution in [0.1, 0.15) is 20.3 Å². The van der Waals surface area contributed by atoms with Crippen LogP contribution in [0.3, 0.4) is 0 Å². The van der Waals surface area contributed by atoms with Crippen molar-refractivity contribution in [2.24, 2.45) is 0 Å². The highest BCUT2D eigenvalue weighted by Crippen LogP contribution is 2.07. The summed E-state index contributed by atoms with van der Waals surface area (Å²) in [7, 11) is 0. The van der Waals surface area contributed by atoms with Crippen molar-refractivity contribution in [3.8, 4) is 0 Å². The van der Waals surface area contributed by atoms with Gasteiger partial charge in [-0.15, -0.1) is 6.58 Å². The van der Waals surface area contributed by atoms with E-state index in [0.717, 1.165) is 11.1 Å². The van der Waals surface area contributed by atoms with Crippen molar-refractivity contribution >= 4 is 0 Å². The van der Waals surface area contributed by atoms with Gasteiger partial charge in [-0.1, -0.05) is 17.7 Å². The fraction of sp³-hybridized carbons (Fsp3) is 0.500. The predicted molar refractivity (Wildman–Crippen MR) is 40.3 cm³/mol. The van der Waals surface area contributed by atoms with Crippen molar-refractivity contribution in [3.63, 3.8) is 0 Å². The van der Waals surface area contributed by atoms with Crippen LogP contribution in [0.4, 0.5) is 0 Å². The van der Waals surface area contributed by atoms with E-state index < -0.39 is 6.10 Å². The average Bonchev–Trinajstić information content (AvgIpc) is 1.63. The van der Waals surface area contributed by atoms with E-state index in [-0.39, 0.29) is 0 Å². The fourth-order valence-electron chi connectivity index (χ4n) is 0.504. The second-order valence-electron chi connectivity index (χ2n) is 2.52. The first-order chi connectivity index (χ1) is 4.04. The molecule has 0 fully saturated rings. The van der Waals surface area contributed by atoms with E-state index in [0.29, 0.717) is 6.42 Å². The maximum absolute atomic E-state index is 9.14. The molecule has 0 aromatic carbocycles. The van der Waals surface area contributed by atoms with Crippen molar-refractivity contribution in [3.05, 3.63) is 24.3 Å². The molecule has 0 unspecified atom stereocenters. The van der Waals surface area contributed by atoms with E-state index in [4.69, 9.17) is 5.11 Å². The standard InChI is InChI=1S/C8H14O/c1-6(2)5-8(9)7(3)4/h8-9H,1,3,5H2,2,4H3/t8-/m1/s1. The molecule has 0 saturated carbocycles. The molecular weight excluding hydrogens is 112 g/mol. The molecule has 0 rings (SSSR count). The van der Waals surface area contributed by atoms with E-state index in [1.807, 2.05) is 13.8 Å². The SMILES string of the molecule is C=C(C)C[C@@H](O)C(=C)C. The van der Waals surface area contributed by atoms with Crippen LogP contribution in [0.15, 0.2) is 24.3 Å². The molecule has 0 radical (unpaired) electrons. The minimum atomic E-state index is -0.400. The molecule has 1 atom stereocenters.